The molecule has 0 aliphatic carbocycles. The summed E-state index contributed by atoms with van der Waals surface area (Å²) in [6.45, 7) is 3.94. The fourth-order valence-electron chi connectivity index (χ4n) is 3.66. The monoisotopic (exact) mass is 430 g/mol. The molecule has 0 unspecified atom stereocenters. The lowest BCUT2D eigenvalue weighted by Gasteiger charge is -2.23. The van der Waals surface area contributed by atoms with Gasteiger partial charge in [0.2, 0.25) is 11.8 Å². The van der Waals surface area contributed by atoms with Crippen LogP contribution in [0.3, 0.4) is 0 Å². The summed E-state index contributed by atoms with van der Waals surface area (Å²) < 4.78 is 26.1. The molecule has 0 bridgehead atoms. The van der Waals surface area contributed by atoms with Gasteiger partial charge in [0.15, 0.2) is 9.84 Å². The maximum atomic E-state index is 13.1. The second-order valence-corrected chi connectivity index (χ2v) is 11.1. The van der Waals surface area contributed by atoms with Crippen molar-refractivity contribution < 1.29 is 18.0 Å². The molecule has 2 aromatic carbocycles. The first-order valence-electron chi connectivity index (χ1n) is 9.51. The van der Waals surface area contributed by atoms with E-state index in [1.165, 1.54) is 17.8 Å². The molecule has 6 nitrogen and oxygen atoms in total. The summed E-state index contributed by atoms with van der Waals surface area (Å²) in [7, 11) is -3.71. The number of hydrogen-bond acceptors (Lipinski definition) is 5. The second kappa shape index (κ2) is 7.50. The quantitative estimate of drug-likeness (QED) is 0.805. The Hall–Kier alpha value is -2.32. The van der Waals surface area contributed by atoms with Crippen molar-refractivity contribution >= 4 is 44.8 Å². The predicted molar refractivity (Wildman–Crippen MR) is 114 cm³/mol. The highest BCUT2D eigenvalue weighted by Crippen LogP contribution is 2.37. The van der Waals surface area contributed by atoms with Crippen LogP contribution < -0.4 is 10.2 Å². The average Bonchev–Trinajstić information content (AvgIpc) is 3.12. The third-order valence-electron chi connectivity index (χ3n) is 5.39. The van der Waals surface area contributed by atoms with Gasteiger partial charge in [-0.3, -0.25) is 9.59 Å². The van der Waals surface area contributed by atoms with E-state index in [2.05, 4.69) is 5.32 Å². The fourth-order valence-corrected chi connectivity index (χ4v) is 5.96. The van der Waals surface area contributed by atoms with Gasteiger partial charge in [0, 0.05) is 23.5 Å². The Morgan fingerprint density at radius 2 is 2.03 bits per heavy atom. The van der Waals surface area contributed by atoms with Crippen molar-refractivity contribution in [1.82, 2.24) is 0 Å². The van der Waals surface area contributed by atoms with E-state index in [0.717, 1.165) is 22.6 Å². The van der Waals surface area contributed by atoms with E-state index in [1.54, 1.807) is 30.9 Å². The van der Waals surface area contributed by atoms with Gasteiger partial charge in [0.25, 0.3) is 0 Å². The molecule has 0 saturated heterocycles. The van der Waals surface area contributed by atoms with E-state index in [-0.39, 0.29) is 28.4 Å². The van der Waals surface area contributed by atoms with Crippen LogP contribution in [0.5, 0.6) is 0 Å². The number of fused-ring (bicyclic) bond motifs is 2. The van der Waals surface area contributed by atoms with Crippen molar-refractivity contribution in [3.8, 4) is 0 Å². The van der Waals surface area contributed by atoms with Gasteiger partial charge in [-0.15, -0.1) is 11.8 Å². The molecular weight excluding hydrogens is 408 g/mol. The molecule has 2 atom stereocenters. The Morgan fingerprint density at radius 3 is 2.83 bits per heavy atom. The molecule has 152 valence electrons. The normalized spacial score (nSPS) is 19.3. The van der Waals surface area contributed by atoms with Crippen molar-refractivity contribution in [2.45, 2.75) is 47.0 Å². The smallest absolute Gasteiger partial charge is 0.237 e. The van der Waals surface area contributed by atoms with E-state index in [0.29, 0.717) is 12.2 Å². The van der Waals surface area contributed by atoms with Gasteiger partial charge in [0.1, 0.15) is 0 Å². The molecule has 1 N–H and O–H groups in total. The standard InChI is InChI=1S/C21H22N2O4S2/c1-13(11-20(24)23-10-9-15-5-3-4-6-18(15)23)29(26,27)16-7-8-19-17(12-16)22-21(25)14(2)28-19/h3-8,12-14H,9-11H2,1-2H3,(H,22,25)/t13-,14+/m0/s1. The molecule has 0 saturated carbocycles. The van der Waals surface area contributed by atoms with Crippen LogP contribution >= 0.6 is 11.8 Å². The first-order valence-corrected chi connectivity index (χ1v) is 11.9. The minimum atomic E-state index is -3.71. The number of carbonyl (C=O) groups excluding carboxylic acids is 2. The third kappa shape index (κ3) is 3.67. The van der Waals surface area contributed by atoms with E-state index in [4.69, 9.17) is 0 Å². The highest BCUT2D eigenvalue weighted by atomic mass is 32.2. The summed E-state index contributed by atoms with van der Waals surface area (Å²) in [6.07, 6.45) is 0.690. The second-order valence-electron chi connectivity index (χ2n) is 7.39. The van der Waals surface area contributed by atoms with E-state index in [9.17, 15) is 18.0 Å². The average molecular weight is 431 g/mol. The molecule has 0 radical (unpaired) electrons. The largest absolute Gasteiger partial charge is 0.324 e. The first kappa shape index (κ1) is 20.0. The van der Waals surface area contributed by atoms with Crippen molar-refractivity contribution in [3.63, 3.8) is 0 Å². The summed E-state index contributed by atoms with van der Waals surface area (Å²) in [5, 5.41) is 1.67. The number of nitrogens with one attached hydrogen (secondary N) is 1. The highest BCUT2D eigenvalue weighted by molar-refractivity contribution is 8.01. The number of amides is 2. The molecule has 2 aliphatic rings. The zero-order valence-electron chi connectivity index (χ0n) is 16.2. The Bertz CT molecular complexity index is 1100. The van der Waals surface area contributed by atoms with Crippen molar-refractivity contribution in [1.29, 1.82) is 0 Å². The molecule has 2 aliphatic heterocycles. The molecule has 2 heterocycles. The fraction of sp³-hybridized carbons (Fsp3) is 0.333. The minimum absolute atomic E-state index is 0.0914. The topological polar surface area (TPSA) is 83.6 Å². The van der Waals surface area contributed by atoms with Crippen LogP contribution in [0, 0.1) is 0 Å². The van der Waals surface area contributed by atoms with Gasteiger partial charge in [-0.1, -0.05) is 18.2 Å². The third-order valence-corrected chi connectivity index (χ3v) is 8.71. The number of para-hydroxylation sites is 1. The number of thioether (sulfide) groups is 1. The van der Waals surface area contributed by atoms with E-state index < -0.39 is 15.1 Å². The number of carbonyl (C=O) groups is 2. The summed E-state index contributed by atoms with van der Waals surface area (Å²) in [4.78, 5) is 27.4. The Balaban J connectivity index is 1.53. The van der Waals surface area contributed by atoms with Crippen molar-refractivity contribution in [2.24, 2.45) is 0 Å². The number of sulfone groups is 1. The zero-order chi connectivity index (χ0) is 20.8. The Morgan fingerprint density at radius 1 is 1.28 bits per heavy atom. The number of rotatable bonds is 4. The maximum absolute atomic E-state index is 13.1. The molecule has 0 aromatic heterocycles. The molecule has 2 amide bonds. The van der Waals surface area contributed by atoms with Crippen LogP contribution in [-0.2, 0) is 25.8 Å². The molecule has 2 aromatic rings. The van der Waals surface area contributed by atoms with Crippen LogP contribution in [0.2, 0.25) is 0 Å². The SMILES string of the molecule is C[C@H]1Sc2ccc(S(=O)(=O)[C@@H](C)CC(=O)N3CCc4ccccc43)cc2NC1=O. The lowest BCUT2D eigenvalue weighted by molar-refractivity contribution is -0.118. The molecule has 0 fully saturated rings. The summed E-state index contributed by atoms with van der Waals surface area (Å²) in [5.74, 6) is -0.338. The first-order chi connectivity index (χ1) is 13.8. The zero-order valence-corrected chi connectivity index (χ0v) is 17.8. The summed E-state index contributed by atoms with van der Waals surface area (Å²) in [5.41, 5.74) is 2.48. The molecule has 0 spiro atoms. The number of anilines is 2. The molecule has 29 heavy (non-hydrogen) atoms. The van der Waals surface area contributed by atoms with Gasteiger partial charge >= 0.3 is 0 Å². The van der Waals surface area contributed by atoms with Crippen LogP contribution in [0.15, 0.2) is 52.3 Å². The van der Waals surface area contributed by atoms with Gasteiger partial charge in [-0.05, 0) is 50.1 Å². The van der Waals surface area contributed by atoms with E-state index in [1.807, 2.05) is 24.3 Å². The van der Waals surface area contributed by atoms with Gasteiger partial charge in [-0.25, -0.2) is 8.42 Å². The predicted octanol–water partition coefficient (Wildman–Crippen LogP) is 3.26. The number of nitrogens with zero attached hydrogens (tertiary/aromatic N) is 1. The van der Waals surface area contributed by atoms with Crippen LogP contribution in [0.4, 0.5) is 11.4 Å². The van der Waals surface area contributed by atoms with Gasteiger partial charge < -0.3 is 10.2 Å². The molecule has 8 heteroatoms. The summed E-state index contributed by atoms with van der Waals surface area (Å²) in [6, 6.07) is 12.5. The van der Waals surface area contributed by atoms with Crippen LogP contribution in [-0.4, -0.2) is 37.3 Å². The summed E-state index contributed by atoms with van der Waals surface area (Å²) >= 11 is 1.40. The Labute approximate surface area is 174 Å². The molecular formula is C21H22N2O4S2. The van der Waals surface area contributed by atoms with Crippen molar-refractivity contribution in [3.05, 3.63) is 48.0 Å². The lowest BCUT2D eigenvalue weighted by atomic mass is 10.2. The molecule has 4 rings (SSSR count). The number of benzene rings is 2. The maximum Gasteiger partial charge on any atom is 0.237 e. The Kier molecular flexibility index (Phi) is 5.16. The van der Waals surface area contributed by atoms with Gasteiger partial charge in [0.05, 0.1) is 21.1 Å². The van der Waals surface area contributed by atoms with Gasteiger partial charge in [-0.2, -0.15) is 0 Å². The van der Waals surface area contributed by atoms with Crippen LogP contribution in [0.25, 0.3) is 0 Å². The van der Waals surface area contributed by atoms with E-state index >= 15 is 0 Å². The number of hydrogen-bond donors (Lipinski definition) is 1. The lowest BCUT2D eigenvalue weighted by Crippen LogP contribution is -2.33. The minimum Gasteiger partial charge on any atom is -0.324 e. The van der Waals surface area contributed by atoms with Crippen molar-refractivity contribution in [2.75, 3.05) is 16.8 Å². The van der Waals surface area contributed by atoms with Crippen LogP contribution in [0.1, 0.15) is 25.8 Å². The highest BCUT2D eigenvalue weighted by Gasteiger charge is 2.32.